The molecule has 0 saturated heterocycles. The van der Waals surface area contributed by atoms with Gasteiger partial charge in [0.25, 0.3) is 0 Å². The predicted octanol–water partition coefficient (Wildman–Crippen LogP) is 0.644. The molecule has 1 unspecified atom stereocenters. The lowest BCUT2D eigenvalue weighted by Crippen LogP contribution is -2.24. The number of nitrogens with one attached hydrogen (secondary N) is 1. The smallest absolute Gasteiger partial charge is 0.220 e. The average molecular weight is 211 g/mol. The summed E-state index contributed by atoms with van der Waals surface area (Å²) in [6.45, 7) is 2.06. The van der Waals surface area contributed by atoms with E-state index in [9.17, 15) is 0 Å². The third kappa shape index (κ3) is 3.36. The van der Waals surface area contributed by atoms with Crippen molar-refractivity contribution in [2.75, 3.05) is 21.3 Å². The van der Waals surface area contributed by atoms with Gasteiger partial charge < -0.3 is 14.8 Å². The van der Waals surface area contributed by atoms with Crippen LogP contribution in [0.2, 0.25) is 0 Å². The van der Waals surface area contributed by atoms with Crippen LogP contribution in [0.5, 0.6) is 11.8 Å². The van der Waals surface area contributed by atoms with E-state index >= 15 is 0 Å². The van der Waals surface area contributed by atoms with Gasteiger partial charge in [0.2, 0.25) is 11.8 Å². The normalized spacial score (nSPS) is 12.3. The molecule has 15 heavy (non-hydrogen) atoms. The van der Waals surface area contributed by atoms with Crippen molar-refractivity contribution in [1.29, 1.82) is 0 Å². The van der Waals surface area contributed by atoms with Gasteiger partial charge in [0.15, 0.2) is 0 Å². The second kappa shape index (κ2) is 5.50. The number of methoxy groups -OCH3 is 2. The van der Waals surface area contributed by atoms with Crippen molar-refractivity contribution < 1.29 is 9.47 Å². The summed E-state index contributed by atoms with van der Waals surface area (Å²) >= 11 is 0. The highest BCUT2D eigenvalue weighted by Crippen LogP contribution is 2.15. The van der Waals surface area contributed by atoms with Gasteiger partial charge >= 0.3 is 0 Å². The Morgan fingerprint density at radius 2 is 1.80 bits per heavy atom. The van der Waals surface area contributed by atoms with Crippen LogP contribution in [0.1, 0.15) is 12.7 Å². The Labute approximate surface area is 89.8 Å². The third-order valence-corrected chi connectivity index (χ3v) is 2.13. The van der Waals surface area contributed by atoms with E-state index in [1.165, 1.54) is 0 Å². The summed E-state index contributed by atoms with van der Waals surface area (Å²) in [6, 6.07) is 1.98. The minimum atomic E-state index is 0.321. The Balaban J connectivity index is 2.86. The maximum Gasteiger partial charge on any atom is 0.220 e. The first-order chi connectivity index (χ1) is 7.19. The van der Waals surface area contributed by atoms with Crippen LogP contribution >= 0.6 is 0 Å². The van der Waals surface area contributed by atoms with Crippen molar-refractivity contribution in [2.24, 2.45) is 0 Å². The summed E-state index contributed by atoms with van der Waals surface area (Å²) < 4.78 is 10.1. The van der Waals surface area contributed by atoms with Gasteiger partial charge in [-0.3, -0.25) is 0 Å². The van der Waals surface area contributed by atoms with E-state index in [1.54, 1.807) is 20.3 Å². The van der Waals surface area contributed by atoms with Crippen LogP contribution in [-0.4, -0.2) is 37.3 Å². The summed E-state index contributed by atoms with van der Waals surface area (Å²) in [6.07, 6.45) is 0.740. The Hall–Kier alpha value is -1.36. The number of nitrogens with zero attached hydrogens (tertiary/aromatic N) is 2. The van der Waals surface area contributed by atoms with E-state index in [2.05, 4.69) is 22.2 Å². The summed E-state index contributed by atoms with van der Waals surface area (Å²) in [5, 5.41) is 3.13. The molecule has 0 saturated carbocycles. The van der Waals surface area contributed by atoms with E-state index in [1.807, 2.05) is 7.05 Å². The monoisotopic (exact) mass is 211 g/mol. The van der Waals surface area contributed by atoms with Gasteiger partial charge in [-0.25, -0.2) is 0 Å². The minimum absolute atomic E-state index is 0.321. The molecule has 0 radical (unpaired) electrons. The molecule has 5 heteroatoms. The van der Waals surface area contributed by atoms with Gasteiger partial charge in [-0.2, -0.15) is 9.97 Å². The van der Waals surface area contributed by atoms with Crippen LogP contribution in [0.15, 0.2) is 6.07 Å². The SMILES string of the molecule is CNC(C)Cc1nc(OC)cc(OC)n1. The molecule has 1 atom stereocenters. The van der Waals surface area contributed by atoms with Crippen molar-refractivity contribution in [3.63, 3.8) is 0 Å². The van der Waals surface area contributed by atoms with Gasteiger partial charge in [0, 0.05) is 12.5 Å². The highest BCUT2D eigenvalue weighted by molar-refractivity contribution is 5.21. The fraction of sp³-hybridized carbons (Fsp3) is 0.600. The van der Waals surface area contributed by atoms with Gasteiger partial charge in [-0.1, -0.05) is 0 Å². The maximum absolute atomic E-state index is 5.06. The molecule has 0 fully saturated rings. The summed E-state index contributed by atoms with van der Waals surface area (Å²) in [5.41, 5.74) is 0. The molecule has 0 spiro atoms. The van der Waals surface area contributed by atoms with Crippen LogP contribution in [0.3, 0.4) is 0 Å². The highest BCUT2D eigenvalue weighted by Gasteiger charge is 2.08. The molecule has 1 aromatic rings. The van der Waals surface area contributed by atoms with Crippen LogP contribution in [0, 0.1) is 0 Å². The largest absolute Gasteiger partial charge is 0.481 e. The first kappa shape index (κ1) is 11.7. The van der Waals surface area contributed by atoms with E-state index in [4.69, 9.17) is 9.47 Å². The quantitative estimate of drug-likeness (QED) is 0.774. The van der Waals surface area contributed by atoms with Crippen molar-refractivity contribution in [3.05, 3.63) is 11.9 Å². The van der Waals surface area contributed by atoms with Crippen LogP contribution in [0.4, 0.5) is 0 Å². The lowest BCUT2D eigenvalue weighted by Gasteiger charge is -2.10. The lowest BCUT2D eigenvalue weighted by molar-refractivity contribution is 0.367. The molecule has 5 nitrogen and oxygen atoms in total. The second-order valence-electron chi connectivity index (χ2n) is 3.26. The van der Waals surface area contributed by atoms with E-state index in [-0.39, 0.29) is 0 Å². The number of hydrogen-bond donors (Lipinski definition) is 1. The van der Waals surface area contributed by atoms with Crippen molar-refractivity contribution in [2.45, 2.75) is 19.4 Å². The van der Waals surface area contributed by atoms with E-state index in [0.717, 1.165) is 6.42 Å². The first-order valence-electron chi connectivity index (χ1n) is 4.82. The number of ether oxygens (including phenoxy) is 2. The Bertz CT molecular complexity index is 295. The molecule has 1 N–H and O–H groups in total. The second-order valence-corrected chi connectivity index (χ2v) is 3.26. The number of likely N-dealkylation sites (N-methyl/N-ethyl adjacent to an activating group) is 1. The molecule has 0 aromatic carbocycles. The van der Waals surface area contributed by atoms with E-state index < -0.39 is 0 Å². The predicted molar refractivity (Wildman–Crippen MR) is 57.4 cm³/mol. The van der Waals surface area contributed by atoms with Crippen LogP contribution in [0.25, 0.3) is 0 Å². The van der Waals surface area contributed by atoms with Gasteiger partial charge in [0.05, 0.1) is 20.3 Å². The Morgan fingerprint density at radius 1 is 1.27 bits per heavy atom. The lowest BCUT2D eigenvalue weighted by atomic mass is 10.2. The van der Waals surface area contributed by atoms with Crippen molar-refractivity contribution in [3.8, 4) is 11.8 Å². The molecule has 0 aliphatic heterocycles. The molecule has 84 valence electrons. The molecule has 0 aliphatic rings. The average Bonchev–Trinajstić information content (AvgIpc) is 2.28. The molecule has 1 aromatic heterocycles. The fourth-order valence-corrected chi connectivity index (χ4v) is 1.13. The minimum Gasteiger partial charge on any atom is -0.481 e. The summed E-state index contributed by atoms with van der Waals surface area (Å²) in [5.74, 6) is 1.77. The topological polar surface area (TPSA) is 56.3 Å². The molecule has 0 bridgehead atoms. The van der Waals surface area contributed by atoms with Crippen molar-refractivity contribution in [1.82, 2.24) is 15.3 Å². The number of hydrogen-bond acceptors (Lipinski definition) is 5. The Morgan fingerprint density at radius 3 is 2.20 bits per heavy atom. The van der Waals surface area contributed by atoms with Gasteiger partial charge in [0.1, 0.15) is 5.82 Å². The molecular weight excluding hydrogens is 194 g/mol. The zero-order chi connectivity index (χ0) is 11.3. The van der Waals surface area contributed by atoms with Crippen LogP contribution in [-0.2, 0) is 6.42 Å². The Kier molecular flexibility index (Phi) is 4.30. The zero-order valence-corrected chi connectivity index (χ0v) is 9.57. The molecule has 0 amide bonds. The summed E-state index contributed by atoms with van der Waals surface area (Å²) in [4.78, 5) is 8.47. The highest BCUT2D eigenvalue weighted by atomic mass is 16.5. The molecule has 1 rings (SSSR count). The third-order valence-electron chi connectivity index (χ3n) is 2.13. The van der Waals surface area contributed by atoms with E-state index in [0.29, 0.717) is 23.6 Å². The molecular formula is C10H17N3O2. The molecule has 0 aliphatic carbocycles. The molecule has 1 heterocycles. The van der Waals surface area contributed by atoms with Gasteiger partial charge in [-0.15, -0.1) is 0 Å². The van der Waals surface area contributed by atoms with Gasteiger partial charge in [-0.05, 0) is 14.0 Å². The maximum atomic E-state index is 5.06. The fourth-order valence-electron chi connectivity index (χ4n) is 1.13. The number of aromatic nitrogens is 2. The van der Waals surface area contributed by atoms with Crippen molar-refractivity contribution >= 4 is 0 Å². The summed E-state index contributed by atoms with van der Waals surface area (Å²) in [7, 11) is 5.06. The van der Waals surface area contributed by atoms with Crippen LogP contribution < -0.4 is 14.8 Å². The zero-order valence-electron chi connectivity index (χ0n) is 9.57. The standard InChI is InChI=1S/C10H17N3O2/c1-7(11-2)5-8-12-9(14-3)6-10(13-8)15-4/h6-7,11H,5H2,1-4H3. The number of rotatable bonds is 5. The first-order valence-corrected chi connectivity index (χ1v) is 4.82.